The van der Waals surface area contributed by atoms with E-state index < -0.39 is 0 Å². The Hall–Kier alpha value is 0.270. The quantitative estimate of drug-likeness (QED) is 0.655. The summed E-state index contributed by atoms with van der Waals surface area (Å²) in [6, 6.07) is 0.766. The smallest absolute Gasteiger partial charge is 0.0170 e. The maximum Gasteiger partial charge on any atom is 0.0170 e. The van der Waals surface area contributed by atoms with E-state index in [1.165, 1.54) is 56.8 Å². The number of thioether (sulfide) groups is 1. The highest BCUT2D eigenvalue weighted by molar-refractivity contribution is 7.99. The van der Waals surface area contributed by atoms with Crippen molar-refractivity contribution < 1.29 is 0 Å². The molecule has 1 aliphatic heterocycles. The molecule has 0 aromatic rings. The summed E-state index contributed by atoms with van der Waals surface area (Å²) in [7, 11) is 0. The first-order valence-electron chi connectivity index (χ1n) is 5.97. The summed E-state index contributed by atoms with van der Waals surface area (Å²) >= 11 is 2.09. The number of hydrogen-bond donors (Lipinski definition) is 2. The largest absolute Gasteiger partial charge is 0.317 e. The second-order valence-corrected chi connectivity index (χ2v) is 5.65. The molecule has 3 heteroatoms. The summed E-state index contributed by atoms with van der Waals surface area (Å²) in [4.78, 5) is 0. The van der Waals surface area contributed by atoms with Crippen LogP contribution >= 0.6 is 11.8 Å². The minimum absolute atomic E-state index is 0.766. The summed E-state index contributed by atoms with van der Waals surface area (Å²) in [5.41, 5.74) is 0. The molecule has 2 aliphatic rings. The van der Waals surface area contributed by atoms with Crippen molar-refractivity contribution in [1.29, 1.82) is 0 Å². The molecule has 1 heterocycles. The lowest BCUT2D eigenvalue weighted by molar-refractivity contribution is 0.497. The molecule has 0 radical (unpaired) electrons. The topological polar surface area (TPSA) is 24.1 Å². The summed E-state index contributed by atoms with van der Waals surface area (Å²) in [6.07, 6.45) is 5.69. The van der Waals surface area contributed by atoms with Crippen LogP contribution in [0.5, 0.6) is 0 Å². The van der Waals surface area contributed by atoms with Crippen LogP contribution in [-0.2, 0) is 0 Å². The minimum Gasteiger partial charge on any atom is -0.317 e. The van der Waals surface area contributed by atoms with Crippen molar-refractivity contribution in [1.82, 2.24) is 10.6 Å². The van der Waals surface area contributed by atoms with Crippen molar-refractivity contribution >= 4 is 11.8 Å². The minimum atomic E-state index is 0.766. The zero-order chi connectivity index (χ0) is 9.64. The van der Waals surface area contributed by atoms with Crippen molar-refractivity contribution in [2.75, 3.05) is 31.1 Å². The maximum absolute atomic E-state index is 3.57. The molecule has 0 aromatic heterocycles. The molecule has 1 aliphatic carbocycles. The molecule has 2 fully saturated rings. The molecule has 82 valence electrons. The van der Waals surface area contributed by atoms with Gasteiger partial charge in [0.2, 0.25) is 0 Å². The van der Waals surface area contributed by atoms with Crippen molar-refractivity contribution in [2.45, 2.75) is 31.7 Å². The molecule has 0 aromatic carbocycles. The summed E-state index contributed by atoms with van der Waals surface area (Å²) < 4.78 is 0. The van der Waals surface area contributed by atoms with Crippen molar-refractivity contribution in [2.24, 2.45) is 5.92 Å². The first kappa shape index (κ1) is 10.8. The Balaban J connectivity index is 1.41. The summed E-state index contributed by atoms with van der Waals surface area (Å²) in [5.74, 6) is 3.68. The Kier molecular flexibility index (Phi) is 4.61. The lowest BCUT2D eigenvalue weighted by Crippen LogP contribution is -2.39. The monoisotopic (exact) mass is 214 g/mol. The van der Waals surface area contributed by atoms with Crippen molar-refractivity contribution in [3.8, 4) is 0 Å². The third kappa shape index (κ3) is 4.20. The number of rotatable bonds is 6. The fourth-order valence-electron chi connectivity index (χ4n) is 1.92. The molecule has 2 rings (SSSR count). The highest BCUT2D eigenvalue weighted by atomic mass is 32.2. The van der Waals surface area contributed by atoms with E-state index in [1.807, 2.05) is 0 Å². The van der Waals surface area contributed by atoms with Gasteiger partial charge < -0.3 is 10.6 Å². The molecule has 1 saturated carbocycles. The van der Waals surface area contributed by atoms with E-state index in [0.29, 0.717) is 0 Å². The zero-order valence-electron chi connectivity index (χ0n) is 8.93. The van der Waals surface area contributed by atoms with Gasteiger partial charge in [-0.25, -0.2) is 0 Å². The van der Waals surface area contributed by atoms with Crippen molar-refractivity contribution in [3.05, 3.63) is 0 Å². The van der Waals surface area contributed by atoms with E-state index in [4.69, 9.17) is 0 Å². The summed E-state index contributed by atoms with van der Waals surface area (Å²) in [6.45, 7) is 3.65. The van der Waals surface area contributed by atoms with Crippen LogP contribution < -0.4 is 10.6 Å². The molecule has 0 spiro atoms. The standard InChI is InChI=1S/C11H22N2S/c1-2-10(1)3-5-12-6-4-11-9-14-8-7-13-11/h10-13H,1-9H2. The van der Waals surface area contributed by atoms with Gasteiger partial charge in [0.1, 0.15) is 0 Å². The van der Waals surface area contributed by atoms with Crippen molar-refractivity contribution in [3.63, 3.8) is 0 Å². The van der Waals surface area contributed by atoms with Crippen LogP contribution in [0.2, 0.25) is 0 Å². The van der Waals surface area contributed by atoms with E-state index in [2.05, 4.69) is 22.4 Å². The predicted molar refractivity (Wildman–Crippen MR) is 63.9 cm³/mol. The van der Waals surface area contributed by atoms with Crippen LogP contribution in [0.1, 0.15) is 25.7 Å². The van der Waals surface area contributed by atoms with Gasteiger partial charge in [-0.1, -0.05) is 12.8 Å². The normalized spacial score (nSPS) is 27.9. The van der Waals surface area contributed by atoms with E-state index in [1.54, 1.807) is 0 Å². The number of hydrogen-bond acceptors (Lipinski definition) is 3. The van der Waals surface area contributed by atoms with Gasteiger partial charge in [-0.05, 0) is 31.8 Å². The van der Waals surface area contributed by atoms with Crippen LogP contribution in [-0.4, -0.2) is 37.2 Å². The van der Waals surface area contributed by atoms with E-state index >= 15 is 0 Å². The molecule has 2 N–H and O–H groups in total. The van der Waals surface area contributed by atoms with E-state index in [0.717, 1.165) is 12.0 Å². The van der Waals surface area contributed by atoms with Gasteiger partial charge in [-0.15, -0.1) is 0 Å². The van der Waals surface area contributed by atoms with Gasteiger partial charge in [-0.2, -0.15) is 11.8 Å². The lowest BCUT2D eigenvalue weighted by Gasteiger charge is -2.23. The third-order valence-electron chi connectivity index (χ3n) is 3.09. The fourth-order valence-corrected chi connectivity index (χ4v) is 2.92. The first-order valence-corrected chi connectivity index (χ1v) is 7.12. The zero-order valence-corrected chi connectivity index (χ0v) is 9.74. The Morgan fingerprint density at radius 2 is 2.07 bits per heavy atom. The van der Waals surface area contributed by atoms with Crippen LogP contribution in [0.3, 0.4) is 0 Å². The highest BCUT2D eigenvalue weighted by Gasteiger charge is 2.20. The molecule has 0 amide bonds. The van der Waals surface area contributed by atoms with E-state index in [9.17, 15) is 0 Å². The second-order valence-electron chi connectivity index (χ2n) is 4.50. The Labute approximate surface area is 91.6 Å². The SMILES string of the molecule is C(CC1CC1)NCCC1CSCCN1. The maximum atomic E-state index is 3.57. The lowest BCUT2D eigenvalue weighted by atomic mass is 10.2. The average molecular weight is 214 g/mol. The molecule has 0 bridgehead atoms. The number of nitrogens with one attached hydrogen (secondary N) is 2. The van der Waals surface area contributed by atoms with Gasteiger partial charge in [0.25, 0.3) is 0 Å². The molecular formula is C11H22N2S. The van der Waals surface area contributed by atoms with Gasteiger partial charge in [0, 0.05) is 24.1 Å². The molecular weight excluding hydrogens is 192 g/mol. The van der Waals surface area contributed by atoms with Gasteiger partial charge >= 0.3 is 0 Å². The highest BCUT2D eigenvalue weighted by Crippen LogP contribution is 2.31. The molecule has 1 saturated heterocycles. The first-order chi connectivity index (χ1) is 6.95. The predicted octanol–water partition coefficient (Wildman–Crippen LogP) is 1.47. The Bertz CT molecular complexity index is 153. The van der Waals surface area contributed by atoms with Crippen LogP contribution in [0.15, 0.2) is 0 Å². The van der Waals surface area contributed by atoms with Crippen LogP contribution in [0.25, 0.3) is 0 Å². The third-order valence-corrected chi connectivity index (χ3v) is 4.23. The van der Waals surface area contributed by atoms with E-state index in [-0.39, 0.29) is 0 Å². The molecule has 1 unspecified atom stereocenters. The van der Waals surface area contributed by atoms with Crippen LogP contribution in [0, 0.1) is 5.92 Å². The molecule has 2 nitrogen and oxygen atoms in total. The molecule has 1 atom stereocenters. The Morgan fingerprint density at radius 1 is 1.21 bits per heavy atom. The molecule has 14 heavy (non-hydrogen) atoms. The summed E-state index contributed by atoms with van der Waals surface area (Å²) in [5, 5.41) is 7.13. The van der Waals surface area contributed by atoms with Gasteiger partial charge in [0.15, 0.2) is 0 Å². The fraction of sp³-hybridized carbons (Fsp3) is 1.00. The van der Waals surface area contributed by atoms with Gasteiger partial charge in [-0.3, -0.25) is 0 Å². The Morgan fingerprint density at radius 3 is 2.79 bits per heavy atom. The average Bonchev–Trinajstić information content (AvgIpc) is 3.03. The van der Waals surface area contributed by atoms with Gasteiger partial charge in [0.05, 0.1) is 0 Å². The second kappa shape index (κ2) is 5.99. The van der Waals surface area contributed by atoms with Crippen LogP contribution in [0.4, 0.5) is 0 Å².